The van der Waals surface area contributed by atoms with Crippen molar-refractivity contribution in [1.82, 2.24) is 0 Å². The van der Waals surface area contributed by atoms with Gasteiger partial charge in [0.25, 0.3) is 0 Å². The number of rotatable bonds is 8. The van der Waals surface area contributed by atoms with Gasteiger partial charge >= 0.3 is 11.9 Å². The van der Waals surface area contributed by atoms with E-state index in [4.69, 9.17) is 14.2 Å². The number of benzene rings is 4. The van der Waals surface area contributed by atoms with E-state index in [9.17, 15) is 27.2 Å². The Labute approximate surface area is 335 Å². The number of carbonyl (C=O) groups excluding carboxylic acids is 2. The Kier molecular flexibility index (Phi) is 13.4. The van der Waals surface area contributed by atoms with E-state index >= 15 is 0 Å². The van der Waals surface area contributed by atoms with Crippen LogP contribution in [0.3, 0.4) is 0 Å². The number of thiol groups is 1. The van der Waals surface area contributed by atoms with Crippen LogP contribution in [-0.2, 0) is 22.7 Å². The predicted molar refractivity (Wildman–Crippen MR) is 207 cm³/mol. The summed E-state index contributed by atoms with van der Waals surface area (Å²) in [6.07, 6.45) is 0. The molecule has 0 spiro atoms. The fraction of sp³-hybridized carbons (Fsp3) is 0.0714. The van der Waals surface area contributed by atoms with Crippen molar-refractivity contribution in [3.05, 3.63) is 109 Å². The van der Waals surface area contributed by atoms with E-state index in [0.717, 1.165) is 50.7 Å². The van der Waals surface area contributed by atoms with Gasteiger partial charge in [0.1, 0.15) is 19.0 Å². The number of halogens is 10. The van der Waals surface area contributed by atoms with Gasteiger partial charge in [-0.25, -0.2) is 18.4 Å². The second-order valence-corrected chi connectivity index (χ2v) is 16.1. The number of hydrogen-bond donors (Lipinski definition) is 1. The fourth-order valence-electron chi connectivity index (χ4n) is 3.58. The first-order valence-electron chi connectivity index (χ1n) is 11.7. The molecule has 0 atom stereocenters. The Morgan fingerprint density at radius 2 is 1.02 bits per heavy atom. The molecule has 4 aromatic rings. The van der Waals surface area contributed by atoms with Crippen LogP contribution in [0, 0.1) is 44.7 Å². The molecule has 0 saturated carbocycles. The summed E-state index contributed by atoms with van der Waals surface area (Å²) in [5.74, 6) is -11.0. The normalized spacial score (nSPS) is 11.0. The highest BCUT2D eigenvalue weighted by molar-refractivity contribution is 14.1. The molecule has 0 bridgehead atoms. The van der Waals surface area contributed by atoms with Crippen molar-refractivity contribution in [2.24, 2.45) is 0 Å². The molecular formula is C28H12F4I6O5S. The summed E-state index contributed by atoms with van der Waals surface area (Å²) in [7, 11) is 0. The Hall–Kier alpha value is 0.0700. The maximum Gasteiger partial charge on any atom is 0.338 e. The zero-order valence-electron chi connectivity index (χ0n) is 21.2. The highest BCUT2D eigenvalue weighted by atomic mass is 127. The average molecular weight is 1300 g/mol. The molecule has 0 radical (unpaired) electrons. The summed E-state index contributed by atoms with van der Waals surface area (Å²) in [6, 6.07) is 10.8. The standard InChI is InChI=1S/C28H12F4I6O5S/c29-19-21(31)26(44)22(32)20(30)25(19)43-16-4-10(27(39)41-8-12-2-14(33)6-17(35)23(12)37)1-11(5-16)28(40)42-9-13-3-15(34)7-18(36)24(13)38/h1-7,44H,8-9H2. The van der Waals surface area contributed by atoms with Crippen molar-refractivity contribution in [3.63, 3.8) is 0 Å². The number of carbonyl (C=O) groups is 2. The summed E-state index contributed by atoms with van der Waals surface area (Å²) >= 11 is 16.3. The minimum atomic E-state index is -1.85. The molecule has 44 heavy (non-hydrogen) atoms. The molecule has 0 saturated heterocycles. The van der Waals surface area contributed by atoms with E-state index in [2.05, 4.69) is 148 Å². The third-order valence-corrected chi connectivity index (χ3v) is 13.6. The van der Waals surface area contributed by atoms with Gasteiger partial charge in [-0.15, -0.1) is 12.6 Å². The minimum Gasteiger partial charge on any atom is -0.457 e. The number of esters is 2. The van der Waals surface area contributed by atoms with Crippen molar-refractivity contribution in [2.75, 3.05) is 0 Å². The van der Waals surface area contributed by atoms with Gasteiger partial charge in [-0.1, -0.05) is 0 Å². The lowest BCUT2D eigenvalue weighted by Gasteiger charge is -2.14. The second-order valence-electron chi connectivity index (χ2n) is 8.66. The van der Waals surface area contributed by atoms with Crippen molar-refractivity contribution in [3.8, 4) is 11.5 Å². The largest absolute Gasteiger partial charge is 0.457 e. The third-order valence-electron chi connectivity index (χ3n) is 5.65. The SMILES string of the molecule is O=C(OCc1cc(I)cc(I)c1I)c1cc(Oc2c(F)c(F)c(S)c(F)c2F)cc(C(=O)OCc2cc(I)cc(I)c2I)c1. The first-order chi connectivity index (χ1) is 20.7. The van der Waals surface area contributed by atoms with Crippen LogP contribution >= 0.6 is 148 Å². The molecule has 0 aliphatic rings. The molecule has 0 amide bonds. The smallest absolute Gasteiger partial charge is 0.338 e. The van der Waals surface area contributed by atoms with Crippen LogP contribution in [0.2, 0.25) is 0 Å². The van der Waals surface area contributed by atoms with E-state index in [0.29, 0.717) is 0 Å². The van der Waals surface area contributed by atoms with Crippen molar-refractivity contribution >= 4 is 160 Å². The molecule has 4 aromatic carbocycles. The summed E-state index contributed by atoms with van der Waals surface area (Å²) in [5, 5.41) is 0. The van der Waals surface area contributed by atoms with Crippen LogP contribution in [0.25, 0.3) is 0 Å². The van der Waals surface area contributed by atoms with E-state index in [1.807, 2.05) is 24.3 Å². The Morgan fingerprint density at radius 3 is 1.43 bits per heavy atom. The van der Waals surface area contributed by atoms with Gasteiger partial charge in [-0.2, -0.15) is 8.78 Å². The van der Waals surface area contributed by atoms with Crippen molar-refractivity contribution in [1.29, 1.82) is 0 Å². The Bertz CT molecular complexity index is 1700. The molecule has 0 heterocycles. The topological polar surface area (TPSA) is 61.8 Å². The lowest BCUT2D eigenvalue weighted by molar-refractivity contribution is 0.0468. The van der Waals surface area contributed by atoms with Gasteiger partial charge in [0.15, 0.2) is 11.6 Å². The molecule has 0 aliphatic carbocycles. The second kappa shape index (κ2) is 16.0. The Balaban J connectivity index is 1.69. The zero-order chi connectivity index (χ0) is 32.5. The molecule has 0 fully saturated rings. The average Bonchev–Trinajstić information content (AvgIpc) is 2.98. The van der Waals surface area contributed by atoms with Gasteiger partial charge in [0.2, 0.25) is 17.4 Å². The molecule has 0 aliphatic heterocycles. The minimum absolute atomic E-state index is 0.123. The van der Waals surface area contributed by atoms with Crippen LogP contribution in [0.15, 0.2) is 47.4 Å². The third kappa shape index (κ3) is 8.75. The summed E-state index contributed by atoms with van der Waals surface area (Å²) in [5.41, 5.74) is 0.975. The lowest BCUT2D eigenvalue weighted by atomic mass is 10.1. The van der Waals surface area contributed by atoms with Crippen LogP contribution in [0.1, 0.15) is 31.8 Å². The molecule has 230 valence electrons. The van der Waals surface area contributed by atoms with Gasteiger partial charge < -0.3 is 14.2 Å². The molecule has 5 nitrogen and oxygen atoms in total. The van der Waals surface area contributed by atoms with Gasteiger partial charge in [-0.05, 0) is 178 Å². The predicted octanol–water partition coefficient (Wildman–Crippen LogP) is 10.7. The lowest BCUT2D eigenvalue weighted by Crippen LogP contribution is -2.11. The quantitative estimate of drug-likeness (QED) is 0.0626. The van der Waals surface area contributed by atoms with Crippen LogP contribution in [-0.4, -0.2) is 11.9 Å². The van der Waals surface area contributed by atoms with E-state index in [1.165, 1.54) is 0 Å². The summed E-state index contributed by atoms with van der Waals surface area (Å²) in [4.78, 5) is 25.1. The number of ether oxygens (including phenoxy) is 3. The summed E-state index contributed by atoms with van der Waals surface area (Å²) in [6.45, 7) is -0.247. The first kappa shape index (κ1) is 36.9. The monoisotopic (exact) mass is 1300 g/mol. The fourth-order valence-corrected chi connectivity index (χ4v) is 8.64. The van der Waals surface area contributed by atoms with E-state index in [-0.39, 0.29) is 24.3 Å². The van der Waals surface area contributed by atoms with Gasteiger partial charge in [0.05, 0.1) is 16.0 Å². The highest BCUT2D eigenvalue weighted by Crippen LogP contribution is 2.36. The van der Waals surface area contributed by atoms with Crippen LogP contribution < -0.4 is 4.74 Å². The summed E-state index contributed by atoms with van der Waals surface area (Å²) < 4.78 is 79.1. The number of hydrogen-bond acceptors (Lipinski definition) is 6. The maximum atomic E-state index is 14.6. The molecule has 16 heteroatoms. The molecule has 4 rings (SSSR count). The van der Waals surface area contributed by atoms with Crippen molar-refractivity contribution < 1.29 is 41.4 Å². The highest BCUT2D eigenvalue weighted by Gasteiger charge is 2.27. The zero-order valence-corrected chi connectivity index (χ0v) is 35.1. The Morgan fingerprint density at radius 1 is 0.614 bits per heavy atom. The van der Waals surface area contributed by atoms with E-state index < -0.39 is 51.6 Å². The van der Waals surface area contributed by atoms with Crippen molar-refractivity contribution in [2.45, 2.75) is 18.1 Å². The molecule has 0 aromatic heterocycles. The maximum absolute atomic E-state index is 14.6. The molecular weight excluding hydrogens is 1290 g/mol. The van der Waals surface area contributed by atoms with Gasteiger partial charge in [0, 0.05) is 32.5 Å². The van der Waals surface area contributed by atoms with Crippen LogP contribution in [0.4, 0.5) is 17.6 Å². The van der Waals surface area contributed by atoms with E-state index in [1.54, 1.807) is 0 Å². The van der Waals surface area contributed by atoms with Gasteiger partial charge in [-0.3, -0.25) is 0 Å². The molecule has 0 N–H and O–H groups in total. The molecule has 0 unspecified atom stereocenters. The van der Waals surface area contributed by atoms with Crippen LogP contribution in [0.5, 0.6) is 11.5 Å². The first-order valence-corrected chi connectivity index (χ1v) is 18.6.